The van der Waals surface area contributed by atoms with Gasteiger partial charge in [0.05, 0.1) is 5.56 Å². The van der Waals surface area contributed by atoms with Crippen molar-refractivity contribution in [1.29, 1.82) is 5.26 Å². The standard InChI is InChI=1S/C15H19N3O3/c1-21-7-6-13(15(19)20)18-14-11(9-16)8-10-4-2-3-5-12(10)17-14/h8,13H,2-7H2,1H3,(H,17,18)(H,19,20). The van der Waals surface area contributed by atoms with Crippen LogP contribution in [0.4, 0.5) is 5.82 Å². The van der Waals surface area contributed by atoms with E-state index in [1.807, 2.05) is 6.07 Å². The lowest BCUT2D eigenvalue weighted by molar-refractivity contribution is -0.138. The van der Waals surface area contributed by atoms with Crippen LogP contribution in [0.15, 0.2) is 6.07 Å². The Labute approximate surface area is 123 Å². The molecule has 1 aromatic heterocycles. The number of carbonyl (C=O) groups is 1. The number of carboxylic acid groups (broad SMARTS) is 1. The van der Waals surface area contributed by atoms with Crippen molar-refractivity contribution in [1.82, 2.24) is 4.98 Å². The number of rotatable bonds is 6. The summed E-state index contributed by atoms with van der Waals surface area (Å²) in [6, 6.07) is 3.12. The van der Waals surface area contributed by atoms with Crippen molar-refractivity contribution in [3.8, 4) is 6.07 Å². The number of ether oxygens (including phenoxy) is 1. The molecule has 0 fully saturated rings. The van der Waals surface area contributed by atoms with Crippen molar-refractivity contribution >= 4 is 11.8 Å². The fourth-order valence-electron chi connectivity index (χ4n) is 2.49. The number of methoxy groups -OCH3 is 1. The van der Waals surface area contributed by atoms with Gasteiger partial charge in [-0.05, 0) is 37.3 Å². The molecule has 2 N–H and O–H groups in total. The molecule has 0 amide bonds. The average molecular weight is 289 g/mol. The second-order valence-electron chi connectivity index (χ2n) is 5.13. The molecule has 112 valence electrons. The number of pyridine rings is 1. The molecule has 6 nitrogen and oxygen atoms in total. The van der Waals surface area contributed by atoms with Crippen molar-refractivity contribution in [2.24, 2.45) is 0 Å². The molecular formula is C15H19N3O3. The lowest BCUT2D eigenvalue weighted by Crippen LogP contribution is -2.31. The molecule has 1 aliphatic rings. The van der Waals surface area contributed by atoms with Crippen molar-refractivity contribution in [3.05, 3.63) is 22.9 Å². The molecule has 1 aliphatic carbocycles. The zero-order chi connectivity index (χ0) is 15.2. The number of aromatic nitrogens is 1. The maximum Gasteiger partial charge on any atom is 0.326 e. The van der Waals surface area contributed by atoms with Crippen LogP contribution < -0.4 is 5.32 Å². The Kier molecular flexibility index (Phi) is 5.12. The summed E-state index contributed by atoms with van der Waals surface area (Å²) < 4.78 is 4.92. The molecule has 0 aliphatic heterocycles. The molecule has 0 bridgehead atoms. The number of aryl methyl sites for hydroxylation is 2. The molecule has 0 spiro atoms. The van der Waals surface area contributed by atoms with Gasteiger partial charge < -0.3 is 15.2 Å². The highest BCUT2D eigenvalue weighted by atomic mass is 16.5. The van der Waals surface area contributed by atoms with E-state index in [1.165, 1.54) is 7.11 Å². The second kappa shape index (κ2) is 7.04. The first-order valence-electron chi connectivity index (χ1n) is 7.07. The number of nitrogens with one attached hydrogen (secondary N) is 1. The van der Waals surface area contributed by atoms with E-state index in [1.54, 1.807) is 0 Å². The summed E-state index contributed by atoms with van der Waals surface area (Å²) in [7, 11) is 1.52. The third-order valence-electron chi connectivity index (χ3n) is 3.64. The zero-order valence-corrected chi connectivity index (χ0v) is 12.1. The van der Waals surface area contributed by atoms with Gasteiger partial charge in [-0.15, -0.1) is 0 Å². The lowest BCUT2D eigenvalue weighted by atomic mass is 9.95. The minimum Gasteiger partial charge on any atom is -0.480 e. The summed E-state index contributed by atoms with van der Waals surface area (Å²) >= 11 is 0. The first-order chi connectivity index (χ1) is 10.2. The van der Waals surface area contributed by atoms with Crippen LogP contribution in [0.1, 0.15) is 36.1 Å². The third-order valence-corrected chi connectivity index (χ3v) is 3.64. The second-order valence-corrected chi connectivity index (χ2v) is 5.13. The number of nitriles is 1. The number of anilines is 1. The highest BCUT2D eigenvalue weighted by Crippen LogP contribution is 2.24. The van der Waals surface area contributed by atoms with Gasteiger partial charge in [-0.2, -0.15) is 5.26 Å². The van der Waals surface area contributed by atoms with Gasteiger partial charge in [0.2, 0.25) is 0 Å². The van der Waals surface area contributed by atoms with E-state index < -0.39 is 12.0 Å². The molecular weight excluding hydrogens is 270 g/mol. The molecule has 21 heavy (non-hydrogen) atoms. The average Bonchev–Trinajstić information content (AvgIpc) is 2.50. The van der Waals surface area contributed by atoms with E-state index in [0.717, 1.165) is 36.9 Å². The highest BCUT2D eigenvalue weighted by Gasteiger charge is 2.21. The summed E-state index contributed by atoms with van der Waals surface area (Å²) in [6.07, 6.45) is 4.32. The Bertz CT molecular complexity index is 566. The normalized spacial score (nSPS) is 14.9. The van der Waals surface area contributed by atoms with Gasteiger partial charge in [-0.3, -0.25) is 0 Å². The maximum atomic E-state index is 11.3. The topological polar surface area (TPSA) is 95.2 Å². The maximum absolute atomic E-state index is 11.3. The summed E-state index contributed by atoms with van der Waals surface area (Å²) in [6.45, 7) is 0.330. The SMILES string of the molecule is COCCC(Nc1nc2c(cc1C#N)CCCC2)C(=O)O. The van der Waals surface area contributed by atoms with E-state index in [-0.39, 0.29) is 0 Å². The van der Waals surface area contributed by atoms with Crippen molar-refractivity contribution < 1.29 is 14.6 Å². The Morgan fingerprint density at radius 2 is 2.33 bits per heavy atom. The number of carboxylic acids is 1. The van der Waals surface area contributed by atoms with Crippen molar-refractivity contribution in [3.63, 3.8) is 0 Å². The minimum absolute atomic E-state index is 0.315. The Balaban J connectivity index is 2.25. The highest BCUT2D eigenvalue weighted by molar-refractivity contribution is 5.77. The van der Waals surface area contributed by atoms with Gasteiger partial charge >= 0.3 is 5.97 Å². The molecule has 1 atom stereocenters. The number of aliphatic carboxylic acids is 1. The predicted octanol–water partition coefficient (Wildman–Crippen LogP) is 1.73. The van der Waals surface area contributed by atoms with Crippen LogP contribution in [0.3, 0.4) is 0 Å². The van der Waals surface area contributed by atoms with Crippen molar-refractivity contribution in [2.45, 2.75) is 38.1 Å². The van der Waals surface area contributed by atoms with Crippen molar-refractivity contribution in [2.75, 3.05) is 19.0 Å². The smallest absolute Gasteiger partial charge is 0.326 e. The number of hydrogen-bond acceptors (Lipinski definition) is 5. The molecule has 1 aromatic rings. The summed E-state index contributed by atoms with van der Waals surface area (Å²) in [4.78, 5) is 15.7. The largest absolute Gasteiger partial charge is 0.480 e. The van der Waals surface area contributed by atoms with Crippen LogP contribution in [0, 0.1) is 11.3 Å². The third kappa shape index (κ3) is 3.70. The quantitative estimate of drug-likeness (QED) is 0.828. The predicted molar refractivity (Wildman–Crippen MR) is 77.1 cm³/mol. The molecule has 0 saturated heterocycles. The van der Waals surface area contributed by atoms with E-state index in [9.17, 15) is 15.2 Å². The van der Waals surface area contributed by atoms with Crippen LogP contribution in [0.5, 0.6) is 0 Å². The van der Waals surface area contributed by atoms with Gasteiger partial charge in [0.15, 0.2) is 0 Å². The first-order valence-corrected chi connectivity index (χ1v) is 7.07. The van der Waals surface area contributed by atoms with Crippen LogP contribution in [0.25, 0.3) is 0 Å². The molecule has 2 rings (SSSR count). The van der Waals surface area contributed by atoms with Crippen LogP contribution in [-0.4, -0.2) is 35.8 Å². The number of hydrogen-bond donors (Lipinski definition) is 2. The van der Waals surface area contributed by atoms with Gasteiger partial charge in [0, 0.05) is 25.8 Å². The fourth-order valence-corrected chi connectivity index (χ4v) is 2.49. The first kappa shape index (κ1) is 15.3. The Morgan fingerprint density at radius 1 is 1.57 bits per heavy atom. The van der Waals surface area contributed by atoms with E-state index in [0.29, 0.717) is 24.4 Å². The zero-order valence-electron chi connectivity index (χ0n) is 12.1. The van der Waals surface area contributed by atoms with Gasteiger partial charge in [-0.25, -0.2) is 9.78 Å². The van der Waals surface area contributed by atoms with E-state index in [2.05, 4.69) is 16.4 Å². The van der Waals surface area contributed by atoms with Gasteiger partial charge in [0.25, 0.3) is 0 Å². The van der Waals surface area contributed by atoms with E-state index in [4.69, 9.17) is 4.74 Å². The van der Waals surface area contributed by atoms with Crippen LogP contribution in [-0.2, 0) is 22.4 Å². The molecule has 0 saturated carbocycles. The monoisotopic (exact) mass is 289 g/mol. The van der Waals surface area contributed by atoms with Gasteiger partial charge in [0.1, 0.15) is 17.9 Å². The summed E-state index contributed by atoms with van der Waals surface area (Å²) in [5, 5.41) is 21.3. The fraction of sp³-hybridized carbons (Fsp3) is 0.533. The van der Waals surface area contributed by atoms with Crippen LogP contribution >= 0.6 is 0 Å². The summed E-state index contributed by atoms with van der Waals surface area (Å²) in [5.41, 5.74) is 2.48. The molecule has 1 unspecified atom stereocenters. The van der Waals surface area contributed by atoms with Gasteiger partial charge in [-0.1, -0.05) is 0 Å². The minimum atomic E-state index is -0.976. The summed E-state index contributed by atoms with van der Waals surface area (Å²) in [5.74, 6) is -0.614. The Hall–Kier alpha value is -2.13. The molecule has 0 radical (unpaired) electrons. The Morgan fingerprint density at radius 3 is 3.00 bits per heavy atom. The number of fused-ring (bicyclic) bond motifs is 1. The van der Waals surface area contributed by atoms with Crippen LogP contribution in [0.2, 0.25) is 0 Å². The molecule has 6 heteroatoms. The molecule has 0 aromatic carbocycles. The lowest BCUT2D eigenvalue weighted by Gasteiger charge is -2.20. The van der Waals surface area contributed by atoms with E-state index >= 15 is 0 Å². The molecule has 1 heterocycles. The number of nitrogens with zero attached hydrogens (tertiary/aromatic N) is 2.